The van der Waals surface area contributed by atoms with Gasteiger partial charge < -0.3 is 20.5 Å². The number of amides is 3. The fourth-order valence-electron chi connectivity index (χ4n) is 4.70. The highest BCUT2D eigenvalue weighted by Gasteiger charge is 2.27. The van der Waals surface area contributed by atoms with Gasteiger partial charge in [-0.25, -0.2) is 0 Å². The molecule has 3 amide bonds. The number of fused-ring (bicyclic) bond motifs is 1. The lowest BCUT2D eigenvalue weighted by molar-refractivity contribution is -0.114. The maximum atomic E-state index is 13.3. The predicted octanol–water partition coefficient (Wildman–Crippen LogP) is 5.85. The second-order valence-corrected chi connectivity index (χ2v) is 11.4. The summed E-state index contributed by atoms with van der Waals surface area (Å²) in [6, 6.07) is 16.7. The second-order valence-electron chi connectivity index (χ2n) is 9.38. The van der Waals surface area contributed by atoms with Gasteiger partial charge in [-0.3, -0.25) is 14.4 Å². The van der Waals surface area contributed by atoms with Gasteiger partial charge in [0.1, 0.15) is 5.00 Å². The van der Waals surface area contributed by atoms with E-state index in [4.69, 9.17) is 0 Å². The first-order chi connectivity index (χ1) is 19.4. The van der Waals surface area contributed by atoms with Gasteiger partial charge in [-0.1, -0.05) is 30.0 Å². The van der Waals surface area contributed by atoms with Crippen molar-refractivity contribution in [1.82, 2.24) is 14.8 Å². The Kier molecular flexibility index (Phi) is 8.61. The molecule has 0 unspecified atom stereocenters. The Balaban J connectivity index is 1.29. The Bertz CT molecular complexity index is 1530. The van der Waals surface area contributed by atoms with Crippen LogP contribution in [0.4, 0.5) is 16.4 Å². The van der Waals surface area contributed by atoms with E-state index in [1.807, 2.05) is 66.1 Å². The van der Waals surface area contributed by atoms with Crippen LogP contribution in [0.2, 0.25) is 0 Å². The molecule has 0 bridgehead atoms. The molecule has 0 spiro atoms. The molecule has 1 aliphatic carbocycles. The molecular formula is C29H30N6O3S2. The highest BCUT2D eigenvalue weighted by molar-refractivity contribution is 7.99. The molecule has 0 radical (unpaired) electrons. The van der Waals surface area contributed by atoms with E-state index in [2.05, 4.69) is 26.1 Å². The summed E-state index contributed by atoms with van der Waals surface area (Å²) >= 11 is 2.81. The standard InChI is InChI=1S/C29H30N6O3S2/c1-3-35-26(19-13-15-21(16-14-19)30-18(2)36)33-34-29(35)39-17-24(37)32-28-25(22-11-7-8-12-23(22)40-28)27(38)31-20-9-5-4-6-10-20/h4-6,9-10,13-16H,3,7-8,11-12,17H2,1-2H3,(H,30,36)(H,31,38)(H,32,37). The van der Waals surface area contributed by atoms with Crippen molar-refractivity contribution in [2.45, 2.75) is 51.2 Å². The maximum Gasteiger partial charge on any atom is 0.258 e. The van der Waals surface area contributed by atoms with Crippen molar-refractivity contribution in [1.29, 1.82) is 0 Å². The number of hydrogen-bond acceptors (Lipinski definition) is 7. The third kappa shape index (κ3) is 6.26. The van der Waals surface area contributed by atoms with Crippen LogP contribution in [0.5, 0.6) is 0 Å². The van der Waals surface area contributed by atoms with Gasteiger partial charge in [0.05, 0.1) is 11.3 Å². The summed E-state index contributed by atoms with van der Waals surface area (Å²) in [5, 5.41) is 18.7. The quantitative estimate of drug-likeness (QED) is 0.216. The Morgan fingerprint density at radius 3 is 2.38 bits per heavy atom. The number of rotatable bonds is 9. The van der Waals surface area contributed by atoms with Crippen LogP contribution in [0.15, 0.2) is 59.8 Å². The van der Waals surface area contributed by atoms with Crippen molar-refractivity contribution >= 4 is 57.2 Å². The van der Waals surface area contributed by atoms with E-state index in [0.717, 1.165) is 42.5 Å². The van der Waals surface area contributed by atoms with Crippen molar-refractivity contribution in [3.05, 3.63) is 70.6 Å². The maximum absolute atomic E-state index is 13.3. The van der Waals surface area contributed by atoms with Gasteiger partial charge in [-0.05, 0) is 74.6 Å². The summed E-state index contributed by atoms with van der Waals surface area (Å²) in [6.45, 7) is 4.09. The molecule has 4 aromatic rings. The summed E-state index contributed by atoms with van der Waals surface area (Å²) in [6.07, 6.45) is 3.87. The molecular weight excluding hydrogens is 544 g/mol. The zero-order chi connectivity index (χ0) is 28.1. The number of nitrogens with one attached hydrogen (secondary N) is 3. The minimum Gasteiger partial charge on any atom is -0.326 e. The molecule has 2 aromatic heterocycles. The monoisotopic (exact) mass is 574 g/mol. The molecule has 0 aliphatic heterocycles. The van der Waals surface area contributed by atoms with E-state index in [1.54, 1.807) is 0 Å². The number of para-hydroxylation sites is 1. The molecule has 40 heavy (non-hydrogen) atoms. The van der Waals surface area contributed by atoms with E-state index < -0.39 is 0 Å². The van der Waals surface area contributed by atoms with E-state index in [0.29, 0.717) is 33.8 Å². The van der Waals surface area contributed by atoms with E-state index in [9.17, 15) is 14.4 Å². The molecule has 206 valence electrons. The number of nitrogens with zero attached hydrogens (tertiary/aromatic N) is 3. The number of carbonyl (C=O) groups excluding carboxylic acids is 3. The lowest BCUT2D eigenvalue weighted by Gasteiger charge is -2.13. The number of aryl methyl sites for hydroxylation is 1. The third-order valence-electron chi connectivity index (χ3n) is 6.51. The Morgan fingerprint density at radius 2 is 1.65 bits per heavy atom. The SMILES string of the molecule is CCn1c(SCC(=O)Nc2sc3c(c2C(=O)Nc2ccccc2)CCCC3)nnc1-c1ccc(NC(C)=O)cc1. The van der Waals surface area contributed by atoms with Crippen molar-refractivity contribution in [3.63, 3.8) is 0 Å². The van der Waals surface area contributed by atoms with Crippen LogP contribution in [0.1, 0.15) is 47.5 Å². The van der Waals surface area contributed by atoms with Crippen LogP contribution in [-0.2, 0) is 29.0 Å². The summed E-state index contributed by atoms with van der Waals surface area (Å²) in [7, 11) is 0. The molecule has 2 heterocycles. The first kappa shape index (κ1) is 27.6. The van der Waals surface area contributed by atoms with E-state index in [-0.39, 0.29) is 23.5 Å². The molecule has 2 aromatic carbocycles. The van der Waals surface area contributed by atoms with E-state index >= 15 is 0 Å². The van der Waals surface area contributed by atoms with E-state index in [1.165, 1.54) is 34.9 Å². The predicted molar refractivity (Wildman–Crippen MR) is 160 cm³/mol. The number of anilines is 3. The fraction of sp³-hybridized carbons (Fsp3) is 0.276. The molecule has 0 fully saturated rings. The highest BCUT2D eigenvalue weighted by Crippen LogP contribution is 2.39. The molecule has 0 saturated carbocycles. The van der Waals surface area contributed by atoms with Crippen LogP contribution in [0.25, 0.3) is 11.4 Å². The minimum absolute atomic E-state index is 0.127. The smallest absolute Gasteiger partial charge is 0.258 e. The van der Waals surface area contributed by atoms with Crippen molar-refractivity contribution in [3.8, 4) is 11.4 Å². The zero-order valence-electron chi connectivity index (χ0n) is 22.3. The van der Waals surface area contributed by atoms with Gasteiger partial charge in [0.25, 0.3) is 5.91 Å². The van der Waals surface area contributed by atoms with Crippen molar-refractivity contribution < 1.29 is 14.4 Å². The molecule has 9 nitrogen and oxygen atoms in total. The average Bonchev–Trinajstić information content (AvgIpc) is 3.53. The first-order valence-corrected chi connectivity index (χ1v) is 15.0. The summed E-state index contributed by atoms with van der Waals surface area (Å²) in [5.41, 5.74) is 3.90. The van der Waals surface area contributed by atoms with Gasteiger partial charge in [-0.2, -0.15) is 0 Å². The second kappa shape index (κ2) is 12.5. The Morgan fingerprint density at radius 1 is 0.925 bits per heavy atom. The molecule has 3 N–H and O–H groups in total. The molecule has 11 heteroatoms. The summed E-state index contributed by atoms with van der Waals surface area (Å²) < 4.78 is 1.95. The fourth-order valence-corrected chi connectivity index (χ4v) is 6.81. The molecule has 0 saturated heterocycles. The average molecular weight is 575 g/mol. The Labute approximate surface area is 240 Å². The van der Waals surface area contributed by atoms with Gasteiger partial charge in [-0.15, -0.1) is 21.5 Å². The van der Waals surface area contributed by atoms with Crippen molar-refractivity contribution in [2.24, 2.45) is 0 Å². The molecule has 5 rings (SSSR count). The molecule has 0 atom stereocenters. The lowest BCUT2D eigenvalue weighted by Crippen LogP contribution is -2.19. The first-order valence-electron chi connectivity index (χ1n) is 13.2. The summed E-state index contributed by atoms with van der Waals surface area (Å²) in [4.78, 5) is 38.9. The minimum atomic E-state index is -0.204. The van der Waals surface area contributed by atoms with Crippen LogP contribution in [-0.4, -0.2) is 38.2 Å². The van der Waals surface area contributed by atoms with Gasteiger partial charge in [0.2, 0.25) is 11.8 Å². The number of thiophene rings is 1. The number of carbonyl (C=O) groups is 3. The van der Waals surface area contributed by atoms with Crippen LogP contribution in [0.3, 0.4) is 0 Å². The van der Waals surface area contributed by atoms with Gasteiger partial charge >= 0.3 is 0 Å². The lowest BCUT2D eigenvalue weighted by atomic mass is 9.95. The highest BCUT2D eigenvalue weighted by atomic mass is 32.2. The van der Waals surface area contributed by atoms with Gasteiger partial charge in [0.15, 0.2) is 11.0 Å². The zero-order valence-corrected chi connectivity index (χ0v) is 24.0. The van der Waals surface area contributed by atoms with Crippen molar-refractivity contribution in [2.75, 3.05) is 21.7 Å². The number of aromatic nitrogens is 3. The van der Waals surface area contributed by atoms with Gasteiger partial charge in [0, 0.05) is 35.3 Å². The van der Waals surface area contributed by atoms with Crippen LogP contribution in [0, 0.1) is 0 Å². The number of thioether (sulfide) groups is 1. The number of benzene rings is 2. The number of hydrogen-bond donors (Lipinski definition) is 3. The third-order valence-corrected chi connectivity index (χ3v) is 8.69. The van der Waals surface area contributed by atoms with Crippen LogP contribution >= 0.6 is 23.1 Å². The summed E-state index contributed by atoms with van der Waals surface area (Å²) in [5.74, 6) is 0.276. The Hall–Kier alpha value is -3.96. The van der Waals surface area contributed by atoms with Crippen LogP contribution < -0.4 is 16.0 Å². The molecule has 1 aliphatic rings. The largest absolute Gasteiger partial charge is 0.326 e. The topological polar surface area (TPSA) is 118 Å². The normalized spacial score (nSPS) is 12.4.